The number of benzene rings is 2. The number of nitro benzene ring substituents is 1. The summed E-state index contributed by atoms with van der Waals surface area (Å²) < 4.78 is 0. The third-order valence-corrected chi connectivity index (χ3v) is 4.47. The van der Waals surface area contributed by atoms with Crippen LogP contribution in [-0.2, 0) is 4.79 Å². The zero-order valence-corrected chi connectivity index (χ0v) is 14.6. The number of nitrogens with one attached hydrogen (secondary N) is 1. The van der Waals surface area contributed by atoms with Gasteiger partial charge in [-0.3, -0.25) is 19.7 Å². The van der Waals surface area contributed by atoms with Crippen LogP contribution in [0.25, 0.3) is 0 Å². The Kier molecular flexibility index (Phi) is 4.71. The molecule has 26 heavy (non-hydrogen) atoms. The molecular formula is C19H19N3O4. The molecule has 3 rings (SSSR count). The van der Waals surface area contributed by atoms with Gasteiger partial charge in [0.25, 0.3) is 11.6 Å². The van der Waals surface area contributed by atoms with Crippen molar-refractivity contribution < 1.29 is 14.5 Å². The summed E-state index contributed by atoms with van der Waals surface area (Å²) in [4.78, 5) is 36.8. The number of carbonyl (C=O) groups is 2. The maximum absolute atomic E-state index is 12.4. The van der Waals surface area contributed by atoms with Crippen molar-refractivity contribution in [1.82, 2.24) is 5.32 Å². The topological polar surface area (TPSA) is 92.6 Å². The van der Waals surface area contributed by atoms with Gasteiger partial charge in [-0.15, -0.1) is 0 Å². The van der Waals surface area contributed by atoms with Gasteiger partial charge in [-0.25, -0.2) is 0 Å². The third-order valence-electron chi connectivity index (χ3n) is 4.47. The quantitative estimate of drug-likeness (QED) is 0.676. The van der Waals surface area contributed by atoms with Crippen molar-refractivity contribution in [3.63, 3.8) is 0 Å². The van der Waals surface area contributed by atoms with E-state index in [1.54, 1.807) is 24.0 Å². The molecule has 1 aliphatic rings. The number of carbonyl (C=O) groups excluding carboxylic acids is 2. The first kappa shape index (κ1) is 17.6. The van der Waals surface area contributed by atoms with E-state index in [4.69, 9.17) is 0 Å². The van der Waals surface area contributed by atoms with Crippen molar-refractivity contribution >= 4 is 23.2 Å². The standard InChI is InChI=1S/C19H19N3O4/c1-12-3-7-16(8-4-12)21-11-15(10-18(21)23)20-19(24)14-6-5-13(2)17(9-14)22(25)26/h3-9,15H,10-11H2,1-2H3,(H,20,24). The average molecular weight is 353 g/mol. The summed E-state index contributed by atoms with van der Waals surface area (Å²) in [6.07, 6.45) is 0.202. The minimum absolute atomic E-state index is 0.0611. The van der Waals surface area contributed by atoms with Crippen LogP contribution in [0.1, 0.15) is 27.9 Å². The molecule has 2 aromatic carbocycles. The van der Waals surface area contributed by atoms with E-state index in [1.165, 1.54) is 6.07 Å². The summed E-state index contributed by atoms with van der Waals surface area (Å²) in [7, 11) is 0. The minimum atomic E-state index is -0.510. The maximum Gasteiger partial charge on any atom is 0.273 e. The summed E-state index contributed by atoms with van der Waals surface area (Å²) in [6, 6.07) is 11.6. The normalized spacial score (nSPS) is 16.6. The highest BCUT2D eigenvalue weighted by atomic mass is 16.6. The Morgan fingerprint density at radius 2 is 1.88 bits per heavy atom. The van der Waals surface area contributed by atoms with Gasteiger partial charge in [-0.2, -0.15) is 0 Å². The Morgan fingerprint density at radius 3 is 2.54 bits per heavy atom. The van der Waals surface area contributed by atoms with Crippen molar-refractivity contribution in [1.29, 1.82) is 0 Å². The molecule has 2 amide bonds. The predicted molar refractivity (Wildman–Crippen MR) is 97.2 cm³/mol. The Morgan fingerprint density at radius 1 is 1.19 bits per heavy atom. The first-order valence-electron chi connectivity index (χ1n) is 8.28. The second-order valence-electron chi connectivity index (χ2n) is 6.47. The van der Waals surface area contributed by atoms with Gasteiger partial charge in [0.15, 0.2) is 0 Å². The molecule has 0 saturated carbocycles. The molecule has 134 valence electrons. The van der Waals surface area contributed by atoms with Crippen LogP contribution in [0.2, 0.25) is 0 Å². The van der Waals surface area contributed by atoms with Crippen molar-refractivity contribution in [2.24, 2.45) is 0 Å². The van der Waals surface area contributed by atoms with Gasteiger partial charge in [0.05, 0.1) is 11.0 Å². The summed E-state index contributed by atoms with van der Waals surface area (Å²) in [5.74, 6) is -0.481. The monoisotopic (exact) mass is 353 g/mol. The van der Waals surface area contributed by atoms with E-state index in [9.17, 15) is 19.7 Å². The SMILES string of the molecule is Cc1ccc(N2CC(NC(=O)c3ccc(C)c([N+](=O)[O-])c3)CC2=O)cc1. The van der Waals surface area contributed by atoms with E-state index in [-0.39, 0.29) is 29.6 Å². The third kappa shape index (κ3) is 3.56. The van der Waals surface area contributed by atoms with Crippen molar-refractivity contribution in [2.45, 2.75) is 26.3 Å². The predicted octanol–water partition coefficient (Wildman–Crippen LogP) is 2.75. The van der Waals surface area contributed by atoms with Gasteiger partial charge in [-0.1, -0.05) is 23.8 Å². The van der Waals surface area contributed by atoms with Crippen LogP contribution in [0.15, 0.2) is 42.5 Å². The van der Waals surface area contributed by atoms with Crippen LogP contribution in [0, 0.1) is 24.0 Å². The van der Waals surface area contributed by atoms with E-state index in [1.807, 2.05) is 31.2 Å². The van der Waals surface area contributed by atoms with Crippen molar-refractivity contribution in [3.8, 4) is 0 Å². The van der Waals surface area contributed by atoms with Gasteiger partial charge in [0, 0.05) is 35.8 Å². The van der Waals surface area contributed by atoms with Crippen LogP contribution >= 0.6 is 0 Å². The van der Waals surface area contributed by atoms with E-state index >= 15 is 0 Å². The van der Waals surface area contributed by atoms with Gasteiger partial charge < -0.3 is 10.2 Å². The summed E-state index contributed by atoms with van der Waals surface area (Å²) in [5, 5.41) is 13.8. The van der Waals surface area contributed by atoms with Gasteiger partial charge in [-0.05, 0) is 32.0 Å². The van der Waals surface area contributed by atoms with Crippen LogP contribution in [0.5, 0.6) is 0 Å². The van der Waals surface area contributed by atoms with E-state index in [0.29, 0.717) is 12.1 Å². The highest BCUT2D eigenvalue weighted by Crippen LogP contribution is 2.23. The minimum Gasteiger partial charge on any atom is -0.347 e. The Labute approximate surface area is 150 Å². The second-order valence-corrected chi connectivity index (χ2v) is 6.47. The molecule has 0 radical (unpaired) electrons. The Hall–Kier alpha value is -3.22. The molecule has 1 saturated heterocycles. The van der Waals surface area contributed by atoms with E-state index in [2.05, 4.69) is 5.32 Å². The molecule has 1 aliphatic heterocycles. The number of hydrogen-bond donors (Lipinski definition) is 1. The maximum atomic E-state index is 12.4. The highest BCUT2D eigenvalue weighted by Gasteiger charge is 2.32. The van der Waals surface area contributed by atoms with Crippen LogP contribution < -0.4 is 10.2 Å². The first-order chi connectivity index (χ1) is 12.3. The lowest BCUT2D eigenvalue weighted by Crippen LogP contribution is -2.37. The van der Waals surface area contributed by atoms with Crippen molar-refractivity contribution in [2.75, 3.05) is 11.4 Å². The second kappa shape index (κ2) is 6.95. The fraction of sp³-hybridized carbons (Fsp3) is 0.263. The molecule has 1 unspecified atom stereocenters. The number of nitrogens with zero attached hydrogens (tertiary/aromatic N) is 2. The van der Waals surface area contributed by atoms with Crippen LogP contribution in [-0.4, -0.2) is 29.3 Å². The molecule has 1 atom stereocenters. The molecular weight excluding hydrogens is 334 g/mol. The lowest BCUT2D eigenvalue weighted by molar-refractivity contribution is -0.385. The summed E-state index contributed by atoms with van der Waals surface area (Å²) >= 11 is 0. The molecule has 0 aliphatic carbocycles. The molecule has 1 N–H and O–H groups in total. The number of rotatable bonds is 4. The van der Waals surface area contributed by atoms with Gasteiger partial charge >= 0.3 is 0 Å². The lowest BCUT2D eigenvalue weighted by atomic mass is 10.1. The number of nitro groups is 1. The number of anilines is 1. The molecule has 0 bridgehead atoms. The van der Waals surface area contributed by atoms with Crippen LogP contribution in [0.4, 0.5) is 11.4 Å². The van der Waals surface area contributed by atoms with Crippen molar-refractivity contribution in [3.05, 3.63) is 69.3 Å². The molecule has 7 heteroatoms. The number of hydrogen-bond acceptors (Lipinski definition) is 4. The van der Waals surface area contributed by atoms with E-state index < -0.39 is 10.8 Å². The molecule has 7 nitrogen and oxygen atoms in total. The number of aryl methyl sites for hydroxylation is 2. The molecule has 0 aromatic heterocycles. The first-order valence-corrected chi connectivity index (χ1v) is 8.28. The zero-order chi connectivity index (χ0) is 18.8. The molecule has 1 fully saturated rings. The summed E-state index contributed by atoms with van der Waals surface area (Å²) in [5.41, 5.74) is 2.51. The Bertz CT molecular complexity index is 877. The molecule has 0 spiro atoms. The van der Waals surface area contributed by atoms with Crippen LogP contribution in [0.3, 0.4) is 0 Å². The number of amides is 2. The van der Waals surface area contributed by atoms with Gasteiger partial charge in [0.2, 0.25) is 5.91 Å². The Balaban J connectivity index is 1.71. The zero-order valence-electron chi connectivity index (χ0n) is 14.6. The average Bonchev–Trinajstić information content (AvgIpc) is 2.96. The van der Waals surface area contributed by atoms with Gasteiger partial charge in [0.1, 0.15) is 0 Å². The fourth-order valence-electron chi connectivity index (χ4n) is 2.99. The highest BCUT2D eigenvalue weighted by molar-refractivity contribution is 5.99. The lowest BCUT2D eigenvalue weighted by Gasteiger charge is -2.17. The summed E-state index contributed by atoms with van der Waals surface area (Å²) in [6.45, 7) is 3.97. The fourth-order valence-corrected chi connectivity index (χ4v) is 2.99. The molecule has 2 aromatic rings. The smallest absolute Gasteiger partial charge is 0.273 e. The van der Waals surface area contributed by atoms with E-state index in [0.717, 1.165) is 11.3 Å². The molecule has 1 heterocycles. The largest absolute Gasteiger partial charge is 0.347 e.